The minimum atomic E-state index is 0.590. The van der Waals surface area contributed by atoms with Crippen molar-refractivity contribution in [3.63, 3.8) is 0 Å². The maximum atomic E-state index is 8.84. The second-order valence-corrected chi connectivity index (χ2v) is 4.91. The van der Waals surface area contributed by atoms with Crippen LogP contribution >= 0.6 is 0 Å². The van der Waals surface area contributed by atoms with Crippen LogP contribution in [0.4, 0.5) is 0 Å². The van der Waals surface area contributed by atoms with E-state index >= 15 is 0 Å². The van der Waals surface area contributed by atoms with E-state index in [1.165, 1.54) is 24.8 Å². The normalized spacial score (nSPS) is 17.1. The zero-order valence-corrected chi connectivity index (χ0v) is 10.1. The fourth-order valence-corrected chi connectivity index (χ4v) is 2.14. The molecule has 16 heavy (non-hydrogen) atoms. The van der Waals surface area contributed by atoms with E-state index in [-0.39, 0.29) is 0 Å². The zero-order valence-electron chi connectivity index (χ0n) is 10.1. The van der Waals surface area contributed by atoms with Gasteiger partial charge in [-0.1, -0.05) is 6.92 Å². The van der Waals surface area contributed by atoms with Gasteiger partial charge in [-0.05, 0) is 36.3 Å². The van der Waals surface area contributed by atoms with Crippen molar-refractivity contribution in [1.82, 2.24) is 9.88 Å². The van der Waals surface area contributed by atoms with E-state index in [1.807, 2.05) is 23.9 Å². The Balaban J connectivity index is 1.83. The van der Waals surface area contributed by atoms with Gasteiger partial charge in [0.05, 0.1) is 0 Å². The van der Waals surface area contributed by atoms with E-state index in [2.05, 4.69) is 18.3 Å². The van der Waals surface area contributed by atoms with Gasteiger partial charge >= 0.3 is 0 Å². The van der Waals surface area contributed by atoms with E-state index < -0.39 is 0 Å². The van der Waals surface area contributed by atoms with Crippen molar-refractivity contribution in [2.24, 2.45) is 12.5 Å². The molecule has 0 bridgehead atoms. The van der Waals surface area contributed by atoms with Gasteiger partial charge in [-0.2, -0.15) is 5.26 Å². The maximum absolute atomic E-state index is 8.84. The molecule has 1 aliphatic carbocycles. The molecule has 0 aromatic carbocycles. The molecule has 0 aliphatic heterocycles. The number of rotatable bonds is 5. The van der Waals surface area contributed by atoms with E-state index in [0.29, 0.717) is 5.41 Å². The van der Waals surface area contributed by atoms with Gasteiger partial charge in [-0.3, -0.25) is 0 Å². The smallest absolute Gasteiger partial charge is 0.120 e. The summed E-state index contributed by atoms with van der Waals surface area (Å²) in [6.45, 7) is 4.25. The van der Waals surface area contributed by atoms with Crippen molar-refractivity contribution in [1.29, 1.82) is 5.26 Å². The van der Waals surface area contributed by atoms with E-state index in [4.69, 9.17) is 5.26 Å². The van der Waals surface area contributed by atoms with Crippen LogP contribution in [0.5, 0.6) is 0 Å². The van der Waals surface area contributed by atoms with Crippen LogP contribution in [0.3, 0.4) is 0 Å². The van der Waals surface area contributed by atoms with Crippen LogP contribution in [0.25, 0.3) is 0 Å². The van der Waals surface area contributed by atoms with Crippen molar-refractivity contribution >= 4 is 0 Å². The molecule has 0 unspecified atom stereocenters. The lowest BCUT2D eigenvalue weighted by Crippen LogP contribution is -2.22. The summed E-state index contributed by atoms with van der Waals surface area (Å²) in [6.07, 6.45) is 6.04. The second kappa shape index (κ2) is 4.31. The lowest BCUT2D eigenvalue weighted by Gasteiger charge is -2.12. The molecule has 0 radical (unpaired) electrons. The minimum absolute atomic E-state index is 0.590. The summed E-state index contributed by atoms with van der Waals surface area (Å²) in [7, 11) is 1.91. The molecule has 3 heteroatoms. The van der Waals surface area contributed by atoms with Crippen LogP contribution in [-0.2, 0) is 13.6 Å². The number of aromatic nitrogens is 1. The van der Waals surface area contributed by atoms with Crippen molar-refractivity contribution < 1.29 is 0 Å². The zero-order chi connectivity index (χ0) is 11.6. The molecule has 1 N–H and O–H groups in total. The Morgan fingerprint density at radius 2 is 2.31 bits per heavy atom. The van der Waals surface area contributed by atoms with Gasteiger partial charge in [0.25, 0.3) is 0 Å². The molecule has 1 aromatic rings. The number of hydrogen-bond donors (Lipinski definition) is 1. The molecule has 3 nitrogen and oxygen atoms in total. The van der Waals surface area contributed by atoms with E-state index in [1.54, 1.807) is 0 Å². The largest absolute Gasteiger partial charge is 0.342 e. The first-order chi connectivity index (χ1) is 7.69. The Morgan fingerprint density at radius 3 is 2.81 bits per heavy atom. The molecule has 1 aromatic heterocycles. The highest BCUT2D eigenvalue weighted by atomic mass is 14.9. The maximum Gasteiger partial charge on any atom is 0.120 e. The highest BCUT2D eigenvalue weighted by Crippen LogP contribution is 2.47. The summed E-state index contributed by atoms with van der Waals surface area (Å²) >= 11 is 0. The number of nitriles is 1. The van der Waals surface area contributed by atoms with Gasteiger partial charge < -0.3 is 9.88 Å². The first-order valence-electron chi connectivity index (χ1n) is 5.95. The molecule has 1 saturated carbocycles. The first kappa shape index (κ1) is 11.2. The lowest BCUT2D eigenvalue weighted by molar-refractivity contribution is 0.443. The molecule has 1 heterocycles. The third-order valence-corrected chi connectivity index (χ3v) is 3.71. The molecular weight excluding hydrogens is 198 g/mol. The average Bonchev–Trinajstić information content (AvgIpc) is 2.97. The monoisotopic (exact) mass is 217 g/mol. The van der Waals surface area contributed by atoms with Gasteiger partial charge in [0.15, 0.2) is 0 Å². The van der Waals surface area contributed by atoms with Crippen molar-refractivity contribution in [2.45, 2.75) is 32.7 Å². The van der Waals surface area contributed by atoms with Crippen LogP contribution in [0.1, 0.15) is 37.4 Å². The quantitative estimate of drug-likeness (QED) is 0.821. The Bertz CT molecular complexity index is 407. The number of nitrogens with zero attached hydrogens (tertiary/aromatic N) is 2. The number of hydrogen-bond acceptors (Lipinski definition) is 2. The summed E-state index contributed by atoms with van der Waals surface area (Å²) in [4.78, 5) is 0. The Kier molecular flexibility index (Phi) is 3.02. The molecule has 1 fully saturated rings. The fraction of sp³-hybridized carbons (Fsp3) is 0.615. The standard InChI is InChI=1S/C13H19N3/c1-3-13(4-5-13)10-15-8-11-6-12(7-14)16(2)9-11/h6,9,15H,3-5,8,10H2,1-2H3. The summed E-state index contributed by atoms with van der Waals surface area (Å²) in [6, 6.07) is 4.14. The van der Waals surface area contributed by atoms with Crippen molar-refractivity contribution in [3.05, 3.63) is 23.5 Å². The van der Waals surface area contributed by atoms with Gasteiger partial charge in [0.1, 0.15) is 11.8 Å². The van der Waals surface area contributed by atoms with Gasteiger partial charge in [0, 0.05) is 26.3 Å². The highest BCUT2D eigenvalue weighted by molar-refractivity contribution is 5.28. The molecule has 0 amide bonds. The molecular formula is C13H19N3. The van der Waals surface area contributed by atoms with Gasteiger partial charge in [-0.25, -0.2) is 0 Å². The molecule has 0 spiro atoms. The Labute approximate surface area is 97.1 Å². The third-order valence-electron chi connectivity index (χ3n) is 3.71. The predicted octanol–water partition coefficient (Wildman–Crippen LogP) is 2.18. The SMILES string of the molecule is CCC1(CNCc2cc(C#N)n(C)c2)CC1. The summed E-state index contributed by atoms with van der Waals surface area (Å²) in [5, 5.41) is 12.3. The van der Waals surface area contributed by atoms with Crippen LogP contribution in [0.15, 0.2) is 12.3 Å². The summed E-state index contributed by atoms with van der Waals surface area (Å²) < 4.78 is 1.88. The topological polar surface area (TPSA) is 40.8 Å². The summed E-state index contributed by atoms with van der Waals surface area (Å²) in [5.41, 5.74) is 2.52. The highest BCUT2D eigenvalue weighted by Gasteiger charge is 2.39. The Hall–Kier alpha value is -1.27. The number of nitrogens with one attached hydrogen (secondary N) is 1. The van der Waals surface area contributed by atoms with Crippen molar-refractivity contribution in [3.8, 4) is 6.07 Å². The van der Waals surface area contributed by atoms with Crippen LogP contribution in [0, 0.1) is 16.7 Å². The minimum Gasteiger partial charge on any atom is -0.342 e. The molecule has 1 aliphatic rings. The first-order valence-corrected chi connectivity index (χ1v) is 5.95. The van der Waals surface area contributed by atoms with Crippen LogP contribution in [0.2, 0.25) is 0 Å². The van der Waals surface area contributed by atoms with E-state index in [0.717, 1.165) is 18.8 Å². The predicted molar refractivity (Wildman–Crippen MR) is 63.8 cm³/mol. The molecule has 0 saturated heterocycles. The summed E-state index contributed by atoms with van der Waals surface area (Å²) in [5.74, 6) is 0. The second-order valence-electron chi connectivity index (χ2n) is 4.91. The molecule has 86 valence electrons. The van der Waals surface area contributed by atoms with Gasteiger partial charge in [-0.15, -0.1) is 0 Å². The Morgan fingerprint density at radius 1 is 1.56 bits per heavy atom. The van der Waals surface area contributed by atoms with Gasteiger partial charge in [0.2, 0.25) is 0 Å². The van der Waals surface area contributed by atoms with Crippen LogP contribution in [-0.4, -0.2) is 11.1 Å². The lowest BCUT2D eigenvalue weighted by atomic mass is 10.0. The van der Waals surface area contributed by atoms with Crippen molar-refractivity contribution in [2.75, 3.05) is 6.54 Å². The molecule has 2 rings (SSSR count). The number of aryl methyl sites for hydroxylation is 1. The third kappa shape index (κ3) is 2.28. The average molecular weight is 217 g/mol. The fourth-order valence-electron chi connectivity index (χ4n) is 2.14. The van der Waals surface area contributed by atoms with E-state index in [9.17, 15) is 0 Å². The van der Waals surface area contributed by atoms with Crippen LogP contribution < -0.4 is 5.32 Å². The molecule has 0 atom stereocenters.